The molecule has 15 heavy (non-hydrogen) atoms. The van der Waals surface area contributed by atoms with E-state index in [0.717, 1.165) is 0 Å². The predicted molar refractivity (Wildman–Crippen MR) is 57.5 cm³/mol. The van der Waals surface area contributed by atoms with Gasteiger partial charge in [-0.2, -0.15) is 0 Å². The molecule has 4 N–H and O–H groups in total. The Hall–Kier alpha value is -2.30. The van der Waals surface area contributed by atoms with Crippen molar-refractivity contribution in [2.24, 2.45) is 0 Å². The third kappa shape index (κ3) is 1.80. The van der Waals surface area contributed by atoms with E-state index in [-0.39, 0.29) is 0 Å². The monoisotopic (exact) mass is 203 g/mol. The van der Waals surface area contributed by atoms with E-state index in [9.17, 15) is 9.59 Å². The Kier molecular flexibility index (Phi) is 2.13. The van der Waals surface area contributed by atoms with Crippen molar-refractivity contribution in [3.8, 4) is 11.3 Å². The first-order valence-electron chi connectivity index (χ1n) is 4.35. The van der Waals surface area contributed by atoms with Crippen LogP contribution in [0.2, 0.25) is 0 Å². The first-order chi connectivity index (χ1) is 7.16. The van der Waals surface area contributed by atoms with Gasteiger partial charge >= 0.3 is 5.69 Å². The molecule has 5 nitrogen and oxygen atoms in total. The molecule has 0 amide bonds. The average molecular weight is 203 g/mol. The van der Waals surface area contributed by atoms with Crippen LogP contribution in [0.1, 0.15) is 0 Å². The molecule has 0 bridgehead atoms. The highest BCUT2D eigenvalue weighted by atomic mass is 16.2. The summed E-state index contributed by atoms with van der Waals surface area (Å²) < 4.78 is 0. The molecule has 0 atom stereocenters. The molecule has 0 spiro atoms. The maximum absolute atomic E-state index is 11.1. The summed E-state index contributed by atoms with van der Waals surface area (Å²) in [4.78, 5) is 26.7. The van der Waals surface area contributed by atoms with E-state index >= 15 is 0 Å². The summed E-state index contributed by atoms with van der Waals surface area (Å²) >= 11 is 0. The molecule has 0 unspecified atom stereocenters. The third-order valence-corrected chi connectivity index (χ3v) is 2.01. The number of para-hydroxylation sites is 1. The standard InChI is InChI=1S/C10H9N3O2/c11-7-4-2-1-3-6(7)8-5-9(14)13-10(15)12-8/h1-5H,11H2,(H2,12,13,14,15). The molecular weight excluding hydrogens is 194 g/mol. The third-order valence-electron chi connectivity index (χ3n) is 2.01. The minimum Gasteiger partial charge on any atom is -0.398 e. The fraction of sp³-hybridized carbons (Fsp3) is 0. The zero-order chi connectivity index (χ0) is 10.8. The van der Waals surface area contributed by atoms with Gasteiger partial charge in [0.25, 0.3) is 5.56 Å². The van der Waals surface area contributed by atoms with Crippen LogP contribution in [0.25, 0.3) is 11.3 Å². The van der Waals surface area contributed by atoms with Crippen molar-refractivity contribution in [2.45, 2.75) is 0 Å². The number of anilines is 1. The number of aromatic amines is 2. The summed E-state index contributed by atoms with van der Waals surface area (Å²) in [7, 11) is 0. The summed E-state index contributed by atoms with van der Waals surface area (Å²) in [5.41, 5.74) is 6.30. The summed E-state index contributed by atoms with van der Waals surface area (Å²) in [5.74, 6) is 0. The maximum Gasteiger partial charge on any atom is 0.326 e. The number of hydrogen-bond donors (Lipinski definition) is 3. The summed E-state index contributed by atoms with van der Waals surface area (Å²) in [5, 5.41) is 0. The molecule has 0 aliphatic rings. The fourth-order valence-electron chi connectivity index (χ4n) is 1.36. The largest absolute Gasteiger partial charge is 0.398 e. The van der Waals surface area contributed by atoms with E-state index in [2.05, 4.69) is 9.97 Å². The van der Waals surface area contributed by atoms with Gasteiger partial charge in [0.2, 0.25) is 0 Å². The van der Waals surface area contributed by atoms with Crippen molar-refractivity contribution in [3.05, 3.63) is 51.2 Å². The molecule has 0 aliphatic carbocycles. The molecule has 1 heterocycles. The van der Waals surface area contributed by atoms with E-state index in [1.165, 1.54) is 6.07 Å². The number of rotatable bonds is 1. The lowest BCUT2D eigenvalue weighted by molar-refractivity contribution is 1.04. The van der Waals surface area contributed by atoms with Gasteiger partial charge in [-0.15, -0.1) is 0 Å². The molecule has 0 radical (unpaired) electrons. The van der Waals surface area contributed by atoms with E-state index in [0.29, 0.717) is 16.9 Å². The van der Waals surface area contributed by atoms with Crippen molar-refractivity contribution in [1.82, 2.24) is 9.97 Å². The highest BCUT2D eigenvalue weighted by Crippen LogP contribution is 2.20. The quantitative estimate of drug-likeness (QED) is 0.582. The predicted octanol–water partition coefficient (Wildman–Crippen LogP) is 0.312. The van der Waals surface area contributed by atoms with Crippen molar-refractivity contribution >= 4 is 5.69 Å². The average Bonchev–Trinajstić information content (AvgIpc) is 2.16. The number of nitrogens with one attached hydrogen (secondary N) is 2. The second-order valence-corrected chi connectivity index (χ2v) is 3.09. The molecule has 0 aliphatic heterocycles. The molecule has 0 saturated carbocycles. The van der Waals surface area contributed by atoms with Crippen LogP contribution in [0.4, 0.5) is 5.69 Å². The van der Waals surface area contributed by atoms with Crippen molar-refractivity contribution < 1.29 is 0 Å². The number of nitrogens with two attached hydrogens (primary N) is 1. The molecule has 5 heteroatoms. The maximum atomic E-state index is 11.1. The molecule has 1 aromatic carbocycles. The first kappa shape index (κ1) is 9.26. The lowest BCUT2D eigenvalue weighted by atomic mass is 10.1. The van der Waals surface area contributed by atoms with Gasteiger partial charge in [-0.05, 0) is 6.07 Å². The molecule has 1 aromatic heterocycles. The number of benzene rings is 1. The van der Waals surface area contributed by atoms with Crippen LogP contribution in [-0.2, 0) is 0 Å². The molecule has 2 rings (SSSR count). The Balaban J connectivity index is 2.70. The molecule has 0 fully saturated rings. The second-order valence-electron chi connectivity index (χ2n) is 3.09. The van der Waals surface area contributed by atoms with E-state index < -0.39 is 11.2 Å². The highest BCUT2D eigenvalue weighted by Gasteiger charge is 2.03. The van der Waals surface area contributed by atoms with Gasteiger partial charge in [-0.3, -0.25) is 9.78 Å². The number of nitrogen functional groups attached to an aromatic ring is 1. The fourth-order valence-corrected chi connectivity index (χ4v) is 1.36. The Morgan fingerprint density at radius 1 is 1.07 bits per heavy atom. The Morgan fingerprint density at radius 3 is 2.47 bits per heavy atom. The van der Waals surface area contributed by atoms with Gasteiger partial charge in [-0.1, -0.05) is 18.2 Å². The first-order valence-corrected chi connectivity index (χ1v) is 4.35. The second kappa shape index (κ2) is 3.45. The topological polar surface area (TPSA) is 91.7 Å². The Bertz CT molecular complexity index is 570. The van der Waals surface area contributed by atoms with Crippen molar-refractivity contribution in [2.75, 3.05) is 5.73 Å². The van der Waals surface area contributed by atoms with Gasteiger partial charge in [0.15, 0.2) is 0 Å². The number of hydrogen-bond acceptors (Lipinski definition) is 3. The molecule has 76 valence electrons. The van der Waals surface area contributed by atoms with Crippen LogP contribution in [-0.4, -0.2) is 9.97 Å². The SMILES string of the molecule is Nc1ccccc1-c1cc(=O)[nH]c(=O)[nH]1. The lowest BCUT2D eigenvalue weighted by Crippen LogP contribution is -2.21. The van der Waals surface area contributed by atoms with Crippen LogP contribution < -0.4 is 17.0 Å². The van der Waals surface area contributed by atoms with Crippen LogP contribution in [0.5, 0.6) is 0 Å². The van der Waals surface area contributed by atoms with Crippen LogP contribution in [0.15, 0.2) is 39.9 Å². The zero-order valence-electron chi connectivity index (χ0n) is 7.78. The summed E-state index contributed by atoms with van der Waals surface area (Å²) in [6.07, 6.45) is 0. The molecule has 0 saturated heterocycles. The normalized spacial score (nSPS) is 10.1. The van der Waals surface area contributed by atoms with Crippen molar-refractivity contribution in [1.29, 1.82) is 0 Å². The zero-order valence-corrected chi connectivity index (χ0v) is 7.78. The summed E-state index contributed by atoms with van der Waals surface area (Å²) in [6, 6.07) is 8.30. The Morgan fingerprint density at radius 2 is 1.80 bits per heavy atom. The van der Waals surface area contributed by atoms with Gasteiger partial charge in [0.05, 0.1) is 5.69 Å². The molecular formula is C10H9N3O2. The Labute approximate surface area is 84.6 Å². The van der Waals surface area contributed by atoms with Crippen LogP contribution in [0, 0.1) is 0 Å². The highest BCUT2D eigenvalue weighted by molar-refractivity contribution is 5.72. The van der Waals surface area contributed by atoms with E-state index in [1.807, 2.05) is 0 Å². The molecule has 2 aromatic rings. The van der Waals surface area contributed by atoms with Crippen LogP contribution in [0.3, 0.4) is 0 Å². The number of aromatic nitrogens is 2. The van der Waals surface area contributed by atoms with Gasteiger partial charge in [0.1, 0.15) is 0 Å². The van der Waals surface area contributed by atoms with Gasteiger partial charge in [0, 0.05) is 17.3 Å². The smallest absolute Gasteiger partial charge is 0.326 e. The van der Waals surface area contributed by atoms with Gasteiger partial charge < -0.3 is 10.7 Å². The summed E-state index contributed by atoms with van der Waals surface area (Å²) in [6.45, 7) is 0. The lowest BCUT2D eigenvalue weighted by Gasteiger charge is -2.03. The minimum absolute atomic E-state index is 0.418. The van der Waals surface area contributed by atoms with E-state index in [4.69, 9.17) is 5.73 Å². The van der Waals surface area contributed by atoms with Gasteiger partial charge in [-0.25, -0.2) is 4.79 Å². The number of H-pyrrole nitrogens is 2. The van der Waals surface area contributed by atoms with Crippen molar-refractivity contribution in [3.63, 3.8) is 0 Å². The van der Waals surface area contributed by atoms with Crippen LogP contribution >= 0.6 is 0 Å². The minimum atomic E-state index is -0.541. The van der Waals surface area contributed by atoms with E-state index in [1.54, 1.807) is 24.3 Å².